The number of aliphatic carboxylic acids is 1. The van der Waals surface area contributed by atoms with Crippen LogP contribution in [0.25, 0.3) is 0 Å². The number of benzene rings is 1. The summed E-state index contributed by atoms with van der Waals surface area (Å²) in [6.07, 6.45) is 4.28. The van der Waals surface area contributed by atoms with E-state index in [9.17, 15) is 14.7 Å². The average Bonchev–Trinajstić information content (AvgIpc) is 2.88. The molecule has 2 aromatic rings. The molecule has 9 nitrogen and oxygen atoms in total. The molecule has 0 radical (unpaired) electrons. The number of nitrogens with zero attached hydrogens (tertiary/aromatic N) is 2. The highest BCUT2D eigenvalue weighted by Crippen LogP contribution is 2.20. The molecule has 1 aliphatic rings. The van der Waals surface area contributed by atoms with E-state index in [1.54, 1.807) is 13.8 Å². The first kappa shape index (κ1) is 28.2. The molecule has 0 fully saturated rings. The van der Waals surface area contributed by atoms with Crippen LogP contribution in [0.3, 0.4) is 0 Å². The molecule has 202 valence electrons. The number of fused-ring (bicyclic) bond motifs is 1. The molecular weight excluding hydrogens is 472 g/mol. The van der Waals surface area contributed by atoms with Gasteiger partial charge in [-0.15, -0.1) is 0 Å². The van der Waals surface area contributed by atoms with Gasteiger partial charge in [0, 0.05) is 25.3 Å². The number of amides is 1. The monoisotopic (exact) mass is 512 g/mol. The Morgan fingerprint density at radius 2 is 1.92 bits per heavy atom. The van der Waals surface area contributed by atoms with Gasteiger partial charge in [0.25, 0.3) is 0 Å². The first-order chi connectivity index (χ1) is 17.9. The van der Waals surface area contributed by atoms with Gasteiger partial charge in [0.05, 0.1) is 6.10 Å². The van der Waals surface area contributed by atoms with Gasteiger partial charge in [-0.05, 0) is 82.7 Å². The largest absolute Gasteiger partial charge is 0.492 e. The highest BCUT2D eigenvalue weighted by molar-refractivity contribution is 5.79. The first-order valence-corrected chi connectivity index (χ1v) is 13.2. The number of rotatable bonds is 15. The molecule has 0 bridgehead atoms. The SMILES string of the molecule is CC(C)OC(=O)NC(CCN(CCCCc1ccc2c(n1)NCCC2)CCOc1ccccc1)C(=O)O. The zero-order valence-electron chi connectivity index (χ0n) is 21.9. The summed E-state index contributed by atoms with van der Waals surface area (Å²) < 4.78 is 10.9. The van der Waals surface area contributed by atoms with Gasteiger partial charge in [0.15, 0.2) is 0 Å². The number of carbonyl (C=O) groups excluding carboxylic acids is 1. The van der Waals surface area contributed by atoms with Crippen molar-refractivity contribution in [1.82, 2.24) is 15.2 Å². The molecule has 1 amide bonds. The molecule has 1 aromatic carbocycles. The standard InChI is InChI=1S/C28H40N4O5/c1-21(2)37-28(35)31-25(27(33)34)15-18-32(19-20-36-24-11-4-3-5-12-24)17-7-6-10-23-14-13-22-9-8-16-29-26(22)30-23/h3-5,11-14,21,25H,6-10,15-20H2,1-2H3,(H,29,30)(H,31,35)(H,33,34). The van der Waals surface area contributed by atoms with Crippen molar-refractivity contribution in [1.29, 1.82) is 0 Å². The minimum absolute atomic E-state index is 0.270. The maximum absolute atomic E-state index is 11.9. The number of anilines is 1. The van der Waals surface area contributed by atoms with Crippen molar-refractivity contribution in [3.8, 4) is 5.75 Å². The van der Waals surface area contributed by atoms with Crippen LogP contribution in [0.5, 0.6) is 5.75 Å². The molecule has 1 aliphatic heterocycles. The molecule has 3 rings (SSSR count). The van der Waals surface area contributed by atoms with E-state index >= 15 is 0 Å². The third-order valence-electron chi connectivity index (χ3n) is 6.20. The van der Waals surface area contributed by atoms with Gasteiger partial charge in [-0.25, -0.2) is 14.6 Å². The number of ether oxygens (including phenoxy) is 2. The van der Waals surface area contributed by atoms with Gasteiger partial charge >= 0.3 is 12.1 Å². The quantitative estimate of drug-likeness (QED) is 0.306. The number of aryl methyl sites for hydroxylation is 2. The Morgan fingerprint density at radius 3 is 2.68 bits per heavy atom. The van der Waals surface area contributed by atoms with Crippen molar-refractivity contribution in [2.75, 3.05) is 38.1 Å². The second kappa shape index (κ2) is 15.0. The summed E-state index contributed by atoms with van der Waals surface area (Å²) in [5.74, 6) is 0.746. The van der Waals surface area contributed by atoms with E-state index in [0.717, 1.165) is 62.5 Å². The van der Waals surface area contributed by atoms with Gasteiger partial charge in [-0.3, -0.25) is 4.90 Å². The summed E-state index contributed by atoms with van der Waals surface area (Å²) in [5, 5.41) is 15.4. The highest BCUT2D eigenvalue weighted by atomic mass is 16.6. The van der Waals surface area contributed by atoms with E-state index in [2.05, 4.69) is 27.7 Å². The second-order valence-corrected chi connectivity index (χ2v) is 9.58. The molecule has 0 spiro atoms. The molecule has 2 heterocycles. The van der Waals surface area contributed by atoms with Crippen molar-refractivity contribution in [2.45, 2.75) is 64.5 Å². The topological polar surface area (TPSA) is 113 Å². The van der Waals surface area contributed by atoms with Gasteiger partial charge < -0.3 is 25.2 Å². The van der Waals surface area contributed by atoms with Crippen LogP contribution in [0.2, 0.25) is 0 Å². The Hall–Kier alpha value is -3.33. The molecule has 37 heavy (non-hydrogen) atoms. The molecule has 3 N–H and O–H groups in total. The van der Waals surface area contributed by atoms with Gasteiger partial charge in [0.1, 0.15) is 24.2 Å². The average molecular weight is 513 g/mol. The molecule has 9 heteroatoms. The Kier molecular flexibility index (Phi) is 11.5. The fraction of sp³-hybridized carbons (Fsp3) is 0.536. The first-order valence-electron chi connectivity index (χ1n) is 13.2. The molecular formula is C28H40N4O5. The van der Waals surface area contributed by atoms with Crippen molar-refractivity contribution in [3.05, 3.63) is 53.7 Å². The lowest BCUT2D eigenvalue weighted by Crippen LogP contribution is -2.44. The van der Waals surface area contributed by atoms with Gasteiger partial charge in [-0.2, -0.15) is 0 Å². The number of alkyl carbamates (subject to hydrolysis) is 1. The molecule has 1 atom stereocenters. The van der Waals surface area contributed by atoms with Crippen LogP contribution in [-0.2, 0) is 22.4 Å². The number of hydrogen-bond donors (Lipinski definition) is 3. The number of carbonyl (C=O) groups is 2. The molecule has 1 aromatic heterocycles. The Labute approximate surface area is 219 Å². The predicted octanol–water partition coefficient (Wildman–Crippen LogP) is 4.12. The summed E-state index contributed by atoms with van der Waals surface area (Å²) >= 11 is 0. The Morgan fingerprint density at radius 1 is 1.11 bits per heavy atom. The highest BCUT2D eigenvalue weighted by Gasteiger charge is 2.22. The second-order valence-electron chi connectivity index (χ2n) is 9.58. The maximum atomic E-state index is 11.9. The summed E-state index contributed by atoms with van der Waals surface area (Å²) in [5.41, 5.74) is 2.38. The minimum atomic E-state index is -1.08. The van der Waals surface area contributed by atoms with Crippen molar-refractivity contribution in [3.63, 3.8) is 0 Å². The van der Waals surface area contributed by atoms with E-state index in [4.69, 9.17) is 14.5 Å². The van der Waals surface area contributed by atoms with Crippen molar-refractivity contribution in [2.24, 2.45) is 0 Å². The van der Waals surface area contributed by atoms with Gasteiger partial charge in [-0.1, -0.05) is 24.3 Å². The van der Waals surface area contributed by atoms with Crippen molar-refractivity contribution >= 4 is 17.9 Å². The van der Waals surface area contributed by atoms with E-state index in [0.29, 0.717) is 19.7 Å². The molecule has 1 unspecified atom stereocenters. The van der Waals surface area contributed by atoms with Crippen LogP contribution < -0.4 is 15.4 Å². The molecule has 0 saturated carbocycles. The molecule has 0 saturated heterocycles. The van der Waals surface area contributed by atoms with E-state index in [-0.39, 0.29) is 12.5 Å². The van der Waals surface area contributed by atoms with E-state index < -0.39 is 18.1 Å². The Balaban J connectivity index is 1.50. The maximum Gasteiger partial charge on any atom is 0.408 e. The fourth-order valence-electron chi connectivity index (χ4n) is 4.25. The third-order valence-corrected chi connectivity index (χ3v) is 6.20. The number of unbranched alkanes of at least 4 members (excludes halogenated alkanes) is 1. The fourth-order valence-corrected chi connectivity index (χ4v) is 4.25. The van der Waals surface area contributed by atoms with Gasteiger partial charge in [0.2, 0.25) is 0 Å². The number of aromatic nitrogens is 1. The van der Waals surface area contributed by atoms with E-state index in [1.165, 1.54) is 5.56 Å². The normalized spacial score (nSPS) is 13.5. The lowest BCUT2D eigenvalue weighted by molar-refractivity contribution is -0.139. The summed E-state index contributed by atoms with van der Waals surface area (Å²) in [4.78, 5) is 30.6. The number of nitrogens with one attached hydrogen (secondary N) is 2. The lowest BCUT2D eigenvalue weighted by Gasteiger charge is -2.24. The lowest BCUT2D eigenvalue weighted by atomic mass is 10.1. The van der Waals surface area contributed by atoms with Crippen LogP contribution in [0.4, 0.5) is 10.6 Å². The van der Waals surface area contributed by atoms with E-state index in [1.807, 2.05) is 30.3 Å². The van der Waals surface area contributed by atoms with Crippen LogP contribution in [0, 0.1) is 0 Å². The van der Waals surface area contributed by atoms with Crippen LogP contribution in [0.15, 0.2) is 42.5 Å². The zero-order valence-corrected chi connectivity index (χ0v) is 21.9. The zero-order chi connectivity index (χ0) is 26.5. The number of hydrogen-bond acceptors (Lipinski definition) is 7. The summed E-state index contributed by atoms with van der Waals surface area (Å²) in [6, 6.07) is 12.9. The van der Waals surface area contributed by atoms with Crippen LogP contribution >= 0.6 is 0 Å². The number of para-hydroxylation sites is 1. The number of carboxylic acid groups (broad SMARTS) is 1. The van der Waals surface area contributed by atoms with Crippen molar-refractivity contribution < 1.29 is 24.2 Å². The number of pyridine rings is 1. The predicted molar refractivity (Wildman–Crippen MR) is 143 cm³/mol. The molecule has 0 aliphatic carbocycles. The van der Waals surface area contributed by atoms with Crippen LogP contribution in [-0.4, -0.2) is 72.0 Å². The summed E-state index contributed by atoms with van der Waals surface area (Å²) in [6.45, 7) is 6.87. The minimum Gasteiger partial charge on any atom is -0.492 e. The summed E-state index contributed by atoms with van der Waals surface area (Å²) in [7, 11) is 0. The third kappa shape index (κ3) is 10.3. The Bertz CT molecular complexity index is 986. The van der Waals surface area contributed by atoms with Crippen LogP contribution in [0.1, 0.15) is 50.8 Å². The smallest absolute Gasteiger partial charge is 0.408 e. The number of carboxylic acids is 1.